The first-order valence-corrected chi connectivity index (χ1v) is 11.5. The third-order valence-electron chi connectivity index (χ3n) is 4.84. The van der Waals surface area contributed by atoms with Gasteiger partial charge in [0.15, 0.2) is 9.84 Å². The summed E-state index contributed by atoms with van der Waals surface area (Å²) < 4.78 is 26.9. The maximum atomic E-state index is 12.6. The van der Waals surface area contributed by atoms with Crippen LogP contribution in [-0.2, 0) is 21.2 Å². The fraction of sp³-hybridized carbons (Fsp3) is 0.333. The van der Waals surface area contributed by atoms with Crippen molar-refractivity contribution in [1.29, 1.82) is 0 Å². The molecule has 1 heterocycles. The van der Waals surface area contributed by atoms with Crippen molar-refractivity contribution < 1.29 is 13.2 Å². The molecule has 0 aliphatic heterocycles. The molecule has 0 saturated heterocycles. The molecule has 0 radical (unpaired) electrons. The van der Waals surface area contributed by atoms with Gasteiger partial charge in [-0.25, -0.2) is 8.42 Å². The highest BCUT2D eigenvalue weighted by Crippen LogP contribution is 2.20. The summed E-state index contributed by atoms with van der Waals surface area (Å²) in [6, 6.07) is 12.6. The van der Waals surface area contributed by atoms with Gasteiger partial charge in [0, 0.05) is 19.5 Å². The van der Waals surface area contributed by atoms with E-state index in [1.807, 2.05) is 42.8 Å². The number of fused-ring (bicyclic) bond motifs is 1. The molecule has 0 fully saturated rings. The summed E-state index contributed by atoms with van der Waals surface area (Å²) in [7, 11) is -3.52. The van der Waals surface area contributed by atoms with E-state index in [-0.39, 0.29) is 23.0 Å². The third-order valence-corrected chi connectivity index (χ3v) is 7.10. The fourth-order valence-corrected chi connectivity index (χ4v) is 4.55. The zero-order valence-corrected chi connectivity index (χ0v) is 18.1. The summed E-state index contributed by atoms with van der Waals surface area (Å²) in [4.78, 5) is 12.3. The first kappa shape index (κ1) is 21.3. The van der Waals surface area contributed by atoms with E-state index in [1.165, 1.54) is 0 Å². The van der Waals surface area contributed by atoms with Gasteiger partial charge >= 0.3 is 0 Å². The van der Waals surface area contributed by atoms with E-state index < -0.39 is 9.84 Å². The number of rotatable bonds is 8. The Balaban J connectivity index is 1.48. The van der Waals surface area contributed by atoms with Crippen molar-refractivity contribution in [2.24, 2.45) is 0 Å². The third kappa shape index (κ3) is 5.16. The van der Waals surface area contributed by atoms with Crippen LogP contribution in [0.2, 0.25) is 5.02 Å². The molecule has 0 saturated carbocycles. The van der Waals surface area contributed by atoms with Crippen molar-refractivity contribution in [2.75, 3.05) is 12.3 Å². The van der Waals surface area contributed by atoms with E-state index in [4.69, 9.17) is 11.6 Å². The Morgan fingerprint density at radius 3 is 2.55 bits per heavy atom. The van der Waals surface area contributed by atoms with Crippen LogP contribution < -0.4 is 5.32 Å². The predicted molar refractivity (Wildman–Crippen MR) is 115 cm³/mol. The van der Waals surface area contributed by atoms with Gasteiger partial charge in [0.05, 0.1) is 27.1 Å². The van der Waals surface area contributed by atoms with Crippen LogP contribution in [0, 0.1) is 13.8 Å². The normalized spacial score (nSPS) is 11.7. The molecular weight excluding hydrogens is 410 g/mol. The quantitative estimate of drug-likeness (QED) is 0.549. The molecule has 8 heteroatoms. The highest BCUT2D eigenvalue weighted by atomic mass is 35.5. The molecule has 6 nitrogen and oxygen atoms in total. The van der Waals surface area contributed by atoms with Gasteiger partial charge in [-0.2, -0.15) is 5.10 Å². The minimum absolute atomic E-state index is 0.0686. The van der Waals surface area contributed by atoms with Crippen molar-refractivity contribution in [3.63, 3.8) is 0 Å². The van der Waals surface area contributed by atoms with Gasteiger partial charge in [0.2, 0.25) is 5.91 Å². The molecular formula is C21H24ClN3O3S. The number of hydrogen-bond acceptors (Lipinski definition) is 4. The molecule has 0 bridgehead atoms. The molecule has 3 aromatic rings. The maximum absolute atomic E-state index is 12.6. The first-order valence-electron chi connectivity index (χ1n) is 9.46. The average molecular weight is 434 g/mol. The second-order valence-corrected chi connectivity index (χ2v) is 9.48. The molecule has 3 rings (SSSR count). The molecule has 1 aromatic heterocycles. The number of halogens is 1. The molecule has 2 aromatic carbocycles. The second kappa shape index (κ2) is 8.97. The largest absolute Gasteiger partial charge is 0.356 e. The van der Waals surface area contributed by atoms with Crippen LogP contribution in [0.15, 0.2) is 47.4 Å². The van der Waals surface area contributed by atoms with Gasteiger partial charge in [-0.15, -0.1) is 0 Å². The van der Waals surface area contributed by atoms with E-state index in [0.29, 0.717) is 24.5 Å². The molecule has 154 valence electrons. The lowest BCUT2D eigenvalue weighted by Crippen LogP contribution is -2.27. The number of sulfone groups is 1. The lowest BCUT2D eigenvalue weighted by Gasteiger charge is -2.08. The lowest BCUT2D eigenvalue weighted by molar-refractivity contribution is -0.120. The molecule has 1 amide bonds. The minimum Gasteiger partial charge on any atom is -0.356 e. The number of nitrogens with one attached hydrogen (secondary N) is 1. The van der Waals surface area contributed by atoms with Gasteiger partial charge in [0.1, 0.15) is 0 Å². The number of benzene rings is 2. The molecule has 0 aliphatic carbocycles. The van der Waals surface area contributed by atoms with Crippen LogP contribution in [0.1, 0.15) is 24.2 Å². The van der Waals surface area contributed by atoms with Crippen molar-refractivity contribution in [3.05, 3.63) is 58.9 Å². The standard InChI is InChI=1S/C21H24ClN3O3S/c1-15-21(22)16(2)25(24-15)12-5-11-23-20(26)10-13-29(27,28)19-9-8-17-6-3-4-7-18(17)14-19/h3-4,6-9,14H,5,10-13H2,1-2H3,(H,23,26). The van der Waals surface area contributed by atoms with Crippen molar-refractivity contribution in [1.82, 2.24) is 15.1 Å². The van der Waals surface area contributed by atoms with Crippen LogP contribution in [-0.4, -0.2) is 36.4 Å². The van der Waals surface area contributed by atoms with Gasteiger partial charge in [-0.05, 0) is 43.2 Å². The smallest absolute Gasteiger partial charge is 0.221 e. The van der Waals surface area contributed by atoms with E-state index in [2.05, 4.69) is 10.4 Å². The van der Waals surface area contributed by atoms with E-state index >= 15 is 0 Å². The maximum Gasteiger partial charge on any atom is 0.221 e. The van der Waals surface area contributed by atoms with Crippen LogP contribution >= 0.6 is 11.6 Å². The van der Waals surface area contributed by atoms with E-state index in [0.717, 1.165) is 22.2 Å². The molecule has 0 spiro atoms. The summed E-state index contributed by atoms with van der Waals surface area (Å²) in [5.41, 5.74) is 1.68. The zero-order valence-electron chi connectivity index (χ0n) is 16.5. The Morgan fingerprint density at radius 2 is 1.86 bits per heavy atom. The average Bonchev–Trinajstić information content (AvgIpc) is 2.96. The number of nitrogens with zero attached hydrogens (tertiary/aromatic N) is 2. The Bertz CT molecular complexity index is 1140. The Hall–Kier alpha value is -2.38. The topological polar surface area (TPSA) is 81.1 Å². The monoisotopic (exact) mass is 433 g/mol. The minimum atomic E-state index is -3.52. The number of carbonyl (C=O) groups excluding carboxylic acids is 1. The summed E-state index contributed by atoms with van der Waals surface area (Å²) in [5.74, 6) is -0.495. The van der Waals surface area contributed by atoms with Crippen molar-refractivity contribution in [3.8, 4) is 0 Å². The number of aromatic nitrogens is 2. The van der Waals surface area contributed by atoms with Crippen LogP contribution in [0.3, 0.4) is 0 Å². The van der Waals surface area contributed by atoms with Crippen LogP contribution in [0.4, 0.5) is 0 Å². The number of carbonyl (C=O) groups is 1. The highest BCUT2D eigenvalue weighted by Gasteiger charge is 2.17. The summed E-state index contributed by atoms with van der Waals surface area (Å²) in [6.07, 6.45) is 0.613. The first-order chi connectivity index (χ1) is 13.8. The van der Waals surface area contributed by atoms with Gasteiger partial charge in [0.25, 0.3) is 0 Å². The lowest BCUT2D eigenvalue weighted by atomic mass is 10.1. The Kier molecular flexibility index (Phi) is 6.59. The Morgan fingerprint density at radius 1 is 1.14 bits per heavy atom. The van der Waals surface area contributed by atoms with Crippen molar-refractivity contribution in [2.45, 2.75) is 38.1 Å². The molecule has 29 heavy (non-hydrogen) atoms. The number of amides is 1. The number of hydrogen-bond donors (Lipinski definition) is 1. The Labute approximate surface area is 175 Å². The SMILES string of the molecule is Cc1nn(CCCNC(=O)CCS(=O)(=O)c2ccc3ccccc3c2)c(C)c1Cl. The molecule has 1 N–H and O–H groups in total. The van der Waals surface area contributed by atoms with Gasteiger partial charge in [-0.1, -0.05) is 41.9 Å². The summed E-state index contributed by atoms with van der Waals surface area (Å²) >= 11 is 6.12. The van der Waals surface area contributed by atoms with Crippen LogP contribution in [0.25, 0.3) is 10.8 Å². The van der Waals surface area contributed by atoms with Gasteiger partial charge < -0.3 is 5.32 Å². The summed E-state index contributed by atoms with van der Waals surface area (Å²) in [6.45, 7) is 4.84. The molecule has 0 atom stereocenters. The zero-order chi connectivity index (χ0) is 21.0. The highest BCUT2D eigenvalue weighted by molar-refractivity contribution is 7.91. The summed E-state index contributed by atoms with van der Waals surface area (Å²) in [5, 5.41) is 9.62. The van der Waals surface area contributed by atoms with E-state index in [9.17, 15) is 13.2 Å². The van der Waals surface area contributed by atoms with Gasteiger partial charge in [-0.3, -0.25) is 9.48 Å². The fourth-order valence-electron chi connectivity index (χ4n) is 3.14. The molecule has 0 unspecified atom stereocenters. The second-order valence-electron chi connectivity index (χ2n) is 6.99. The predicted octanol–water partition coefficient (Wildman–Crippen LogP) is 3.68. The van der Waals surface area contributed by atoms with E-state index in [1.54, 1.807) is 18.2 Å². The van der Waals surface area contributed by atoms with Crippen LogP contribution in [0.5, 0.6) is 0 Å². The molecule has 0 aliphatic rings. The number of aryl methyl sites for hydroxylation is 2. The van der Waals surface area contributed by atoms with Crippen molar-refractivity contribution >= 4 is 38.1 Å².